The predicted molar refractivity (Wildman–Crippen MR) is 71.4 cm³/mol. The molecule has 96 valence electrons. The quantitative estimate of drug-likeness (QED) is 0.646. The van der Waals surface area contributed by atoms with Gasteiger partial charge < -0.3 is 10.2 Å². The van der Waals surface area contributed by atoms with Gasteiger partial charge in [-0.15, -0.1) is 0 Å². The highest BCUT2D eigenvalue weighted by molar-refractivity contribution is 9.09. The molecule has 1 aromatic rings. The molecule has 18 heavy (non-hydrogen) atoms. The molecule has 0 bridgehead atoms. The number of carboxylic acid groups (broad SMARTS) is 1. The normalized spacial score (nSPS) is 12.6. The molecule has 2 N–H and O–H groups in total. The van der Waals surface area contributed by atoms with Crippen LogP contribution in [0.4, 0.5) is 0 Å². The molecule has 0 amide bonds. The smallest absolute Gasteiger partial charge is 0.328 e. The lowest BCUT2D eigenvalue weighted by Gasteiger charge is -2.11. The summed E-state index contributed by atoms with van der Waals surface area (Å²) in [5.41, 5.74) is 1.94. The molecule has 1 unspecified atom stereocenters. The Morgan fingerprint density at radius 2 is 2.11 bits per heavy atom. The molecule has 0 aromatic heterocycles. The molecule has 0 radical (unpaired) electrons. The number of carbonyl (C=O) groups excluding carboxylic acids is 1. The van der Waals surface area contributed by atoms with E-state index in [0.29, 0.717) is 16.7 Å². The second-order valence-corrected chi connectivity index (χ2v) is 4.68. The first-order chi connectivity index (χ1) is 8.45. The highest BCUT2D eigenvalue weighted by Gasteiger charge is 2.15. The highest BCUT2D eigenvalue weighted by atomic mass is 79.9. The van der Waals surface area contributed by atoms with Crippen molar-refractivity contribution in [2.24, 2.45) is 0 Å². The van der Waals surface area contributed by atoms with Crippen molar-refractivity contribution in [1.29, 1.82) is 0 Å². The number of Topliss-reactive ketones (excluding diaryl/α,β-unsaturated/α-hetero) is 1. The molecule has 1 aromatic carbocycles. The third-order valence-electron chi connectivity index (χ3n) is 2.37. The fourth-order valence-corrected chi connectivity index (χ4v) is 1.89. The van der Waals surface area contributed by atoms with Crippen molar-refractivity contribution in [1.82, 2.24) is 0 Å². The van der Waals surface area contributed by atoms with E-state index in [-0.39, 0.29) is 12.4 Å². The minimum absolute atomic E-state index is 0.0725. The standard InChI is InChI=1S/C13H13BrO4/c1-8(16)13(14)11-4-2-9(7-15)6-10(11)3-5-12(17)18/h2-6,13,15H,7H2,1H3,(H,17,18). The number of halogens is 1. The van der Waals surface area contributed by atoms with Crippen LogP contribution in [0.2, 0.25) is 0 Å². The van der Waals surface area contributed by atoms with Crippen molar-refractivity contribution in [3.05, 3.63) is 41.0 Å². The number of aliphatic carboxylic acids is 1. The highest BCUT2D eigenvalue weighted by Crippen LogP contribution is 2.28. The van der Waals surface area contributed by atoms with Crippen LogP contribution < -0.4 is 0 Å². The summed E-state index contributed by atoms with van der Waals surface area (Å²) in [6.07, 6.45) is 2.41. The second kappa shape index (κ2) is 6.47. The zero-order valence-corrected chi connectivity index (χ0v) is 11.3. The lowest BCUT2D eigenvalue weighted by atomic mass is 9.99. The summed E-state index contributed by atoms with van der Waals surface area (Å²) >= 11 is 3.26. The van der Waals surface area contributed by atoms with E-state index in [9.17, 15) is 9.59 Å². The van der Waals surface area contributed by atoms with Gasteiger partial charge in [0.05, 0.1) is 11.4 Å². The van der Waals surface area contributed by atoms with Gasteiger partial charge in [0.25, 0.3) is 0 Å². The van der Waals surface area contributed by atoms with E-state index in [1.54, 1.807) is 18.2 Å². The molecule has 0 aliphatic heterocycles. The van der Waals surface area contributed by atoms with Crippen molar-refractivity contribution < 1.29 is 19.8 Å². The number of carboxylic acids is 1. The molecule has 1 atom stereocenters. The third kappa shape index (κ3) is 3.78. The number of rotatable bonds is 5. The topological polar surface area (TPSA) is 74.6 Å². The first-order valence-electron chi connectivity index (χ1n) is 5.25. The molecule has 5 heteroatoms. The molecule has 1 rings (SSSR count). The number of ketones is 1. The molecule has 4 nitrogen and oxygen atoms in total. The van der Waals surface area contributed by atoms with Crippen molar-refractivity contribution in [2.45, 2.75) is 18.4 Å². The minimum Gasteiger partial charge on any atom is -0.478 e. The lowest BCUT2D eigenvalue weighted by molar-refractivity contribution is -0.131. The third-order valence-corrected chi connectivity index (χ3v) is 3.51. The van der Waals surface area contributed by atoms with Gasteiger partial charge in [0.15, 0.2) is 0 Å². The molecular formula is C13H13BrO4. The summed E-state index contributed by atoms with van der Waals surface area (Å²) in [6.45, 7) is 1.31. The van der Waals surface area contributed by atoms with Crippen LogP contribution in [0, 0.1) is 0 Å². The summed E-state index contributed by atoms with van der Waals surface area (Å²) in [5, 5.41) is 17.7. The first-order valence-corrected chi connectivity index (χ1v) is 6.16. The Labute approximate surface area is 113 Å². The zero-order chi connectivity index (χ0) is 13.7. The van der Waals surface area contributed by atoms with E-state index in [1.807, 2.05) is 0 Å². The maximum Gasteiger partial charge on any atom is 0.328 e. The monoisotopic (exact) mass is 312 g/mol. The maximum atomic E-state index is 11.4. The number of hydrogen-bond donors (Lipinski definition) is 2. The van der Waals surface area contributed by atoms with Crippen LogP contribution in [0.5, 0.6) is 0 Å². The second-order valence-electron chi connectivity index (χ2n) is 3.77. The van der Waals surface area contributed by atoms with Crippen LogP contribution in [-0.4, -0.2) is 22.0 Å². The van der Waals surface area contributed by atoms with E-state index in [1.165, 1.54) is 13.0 Å². The summed E-state index contributed by atoms with van der Waals surface area (Å²) in [4.78, 5) is 21.4. The molecule has 0 aliphatic carbocycles. The SMILES string of the molecule is CC(=O)C(Br)c1ccc(CO)cc1C=CC(=O)O. The predicted octanol–water partition coefficient (Wildman–Crippen LogP) is 2.30. The summed E-state index contributed by atoms with van der Waals surface area (Å²) < 4.78 is 0. The number of aliphatic hydroxyl groups excluding tert-OH is 1. The number of benzene rings is 1. The van der Waals surface area contributed by atoms with Gasteiger partial charge in [-0.2, -0.15) is 0 Å². The Balaban J connectivity index is 3.24. The van der Waals surface area contributed by atoms with Crippen molar-refractivity contribution >= 4 is 33.8 Å². The van der Waals surface area contributed by atoms with Crippen LogP contribution >= 0.6 is 15.9 Å². The number of alkyl halides is 1. The van der Waals surface area contributed by atoms with E-state index in [4.69, 9.17) is 10.2 Å². The first kappa shape index (κ1) is 14.6. The average Bonchev–Trinajstić information content (AvgIpc) is 2.34. The molecule has 0 heterocycles. The van der Waals surface area contributed by atoms with Gasteiger partial charge in [-0.1, -0.05) is 28.1 Å². The number of carbonyl (C=O) groups is 2. The van der Waals surface area contributed by atoms with E-state index in [2.05, 4.69) is 15.9 Å². The van der Waals surface area contributed by atoms with E-state index in [0.717, 1.165) is 6.08 Å². The molecule has 0 saturated heterocycles. The van der Waals surface area contributed by atoms with Gasteiger partial charge in [-0.05, 0) is 35.8 Å². The van der Waals surface area contributed by atoms with Gasteiger partial charge in [0.2, 0.25) is 0 Å². The Hall–Kier alpha value is -1.46. The average molecular weight is 313 g/mol. The summed E-state index contributed by atoms with van der Waals surface area (Å²) in [5.74, 6) is -1.14. The molecule has 0 spiro atoms. The number of hydrogen-bond acceptors (Lipinski definition) is 3. The van der Waals surface area contributed by atoms with Crippen LogP contribution in [0.3, 0.4) is 0 Å². The maximum absolute atomic E-state index is 11.4. The zero-order valence-electron chi connectivity index (χ0n) is 9.76. The van der Waals surface area contributed by atoms with Crippen molar-refractivity contribution in [3.8, 4) is 0 Å². The van der Waals surface area contributed by atoms with Gasteiger partial charge in [-0.3, -0.25) is 4.79 Å². The Bertz CT molecular complexity index is 494. The summed E-state index contributed by atoms with van der Waals surface area (Å²) in [6, 6.07) is 5.06. The molecule has 0 aliphatic rings. The molecule has 0 saturated carbocycles. The molecule has 0 fully saturated rings. The Kier molecular flexibility index (Phi) is 5.25. The van der Waals surface area contributed by atoms with Gasteiger partial charge in [0, 0.05) is 6.08 Å². The van der Waals surface area contributed by atoms with Crippen LogP contribution in [-0.2, 0) is 16.2 Å². The minimum atomic E-state index is -1.07. The van der Waals surface area contributed by atoms with E-state index >= 15 is 0 Å². The van der Waals surface area contributed by atoms with Crippen LogP contribution in [0.15, 0.2) is 24.3 Å². The van der Waals surface area contributed by atoms with Crippen molar-refractivity contribution in [2.75, 3.05) is 0 Å². The Morgan fingerprint density at radius 3 is 2.61 bits per heavy atom. The van der Waals surface area contributed by atoms with E-state index < -0.39 is 10.8 Å². The Morgan fingerprint density at radius 1 is 1.44 bits per heavy atom. The largest absolute Gasteiger partial charge is 0.478 e. The van der Waals surface area contributed by atoms with Crippen LogP contribution in [0.1, 0.15) is 28.4 Å². The van der Waals surface area contributed by atoms with Crippen LogP contribution in [0.25, 0.3) is 6.08 Å². The fraction of sp³-hybridized carbons (Fsp3) is 0.231. The fourth-order valence-electron chi connectivity index (χ4n) is 1.48. The van der Waals surface area contributed by atoms with Gasteiger partial charge in [0.1, 0.15) is 5.78 Å². The lowest BCUT2D eigenvalue weighted by Crippen LogP contribution is -2.04. The van der Waals surface area contributed by atoms with Gasteiger partial charge in [-0.25, -0.2) is 4.79 Å². The van der Waals surface area contributed by atoms with Crippen molar-refractivity contribution in [3.63, 3.8) is 0 Å². The van der Waals surface area contributed by atoms with Gasteiger partial charge >= 0.3 is 5.97 Å². The number of aliphatic hydroxyl groups is 1. The molecular weight excluding hydrogens is 300 g/mol. The summed E-state index contributed by atoms with van der Waals surface area (Å²) in [7, 11) is 0.